The van der Waals surface area contributed by atoms with E-state index in [1.54, 1.807) is 0 Å². The summed E-state index contributed by atoms with van der Waals surface area (Å²) in [5.74, 6) is -0.807. The number of nitro groups is 1. The first-order valence-electron chi connectivity index (χ1n) is 5.86. The third-order valence-corrected chi connectivity index (χ3v) is 2.41. The summed E-state index contributed by atoms with van der Waals surface area (Å²) >= 11 is 0. The highest BCUT2D eigenvalue weighted by molar-refractivity contribution is 5.56. The lowest BCUT2D eigenvalue weighted by Gasteiger charge is -2.03. The number of nitrogens with one attached hydrogen (secondary N) is 1. The monoisotopic (exact) mass is 252 g/mol. The van der Waals surface area contributed by atoms with E-state index in [4.69, 9.17) is 0 Å². The number of halogens is 1. The van der Waals surface area contributed by atoms with Crippen molar-refractivity contribution in [2.45, 2.75) is 20.3 Å². The van der Waals surface area contributed by atoms with Crippen LogP contribution in [-0.2, 0) is 0 Å². The van der Waals surface area contributed by atoms with E-state index >= 15 is 0 Å². The van der Waals surface area contributed by atoms with Crippen molar-refractivity contribution in [2.75, 3.05) is 13.1 Å². The molecule has 0 spiro atoms. The SMILES string of the molecule is CCCNC/C(C)=C/c1ccc(F)c([N+](=O)[O-])c1. The van der Waals surface area contributed by atoms with E-state index in [-0.39, 0.29) is 0 Å². The van der Waals surface area contributed by atoms with Gasteiger partial charge in [-0.1, -0.05) is 24.6 Å². The highest BCUT2D eigenvalue weighted by Gasteiger charge is 2.13. The molecule has 0 atom stereocenters. The Morgan fingerprint density at radius 1 is 1.56 bits per heavy atom. The maximum Gasteiger partial charge on any atom is 0.305 e. The predicted octanol–water partition coefficient (Wildman–Crippen LogP) is 3.14. The molecule has 1 aromatic carbocycles. The molecule has 0 unspecified atom stereocenters. The molecule has 1 N–H and O–H groups in total. The number of benzene rings is 1. The Labute approximate surface area is 106 Å². The van der Waals surface area contributed by atoms with Crippen LogP contribution in [0.25, 0.3) is 6.08 Å². The minimum atomic E-state index is -0.807. The first kappa shape index (κ1) is 14.3. The van der Waals surface area contributed by atoms with Gasteiger partial charge in [-0.3, -0.25) is 10.1 Å². The van der Waals surface area contributed by atoms with E-state index in [9.17, 15) is 14.5 Å². The van der Waals surface area contributed by atoms with E-state index in [1.165, 1.54) is 12.1 Å². The Morgan fingerprint density at radius 2 is 2.28 bits per heavy atom. The van der Waals surface area contributed by atoms with Gasteiger partial charge in [-0.15, -0.1) is 0 Å². The summed E-state index contributed by atoms with van der Waals surface area (Å²) in [7, 11) is 0. The van der Waals surface area contributed by atoms with Gasteiger partial charge < -0.3 is 5.32 Å². The molecule has 1 aromatic rings. The molecule has 0 bridgehead atoms. The molecule has 0 aliphatic carbocycles. The van der Waals surface area contributed by atoms with Crippen LogP contribution in [0.5, 0.6) is 0 Å². The van der Waals surface area contributed by atoms with Crippen LogP contribution in [0.1, 0.15) is 25.8 Å². The van der Waals surface area contributed by atoms with Crippen molar-refractivity contribution in [2.24, 2.45) is 0 Å². The Kier molecular flexibility index (Phi) is 5.45. The second-order valence-electron chi connectivity index (χ2n) is 4.14. The van der Waals surface area contributed by atoms with Gasteiger partial charge in [0.15, 0.2) is 0 Å². The molecule has 0 aliphatic heterocycles. The van der Waals surface area contributed by atoms with E-state index in [0.717, 1.165) is 31.1 Å². The number of hydrogen-bond acceptors (Lipinski definition) is 3. The van der Waals surface area contributed by atoms with E-state index in [0.29, 0.717) is 5.56 Å². The smallest absolute Gasteiger partial charge is 0.305 e. The number of nitro benzene ring substituents is 1. The van der Waals surface area contributed by atoms with Crippen LogP contribution in [0.15, 0.2) is 23.8 Å². The number of hydrogen-bond donors (Lipinski definition) is 1. The van der Waals surface area contributed by atoms with Crippen LogP contribution in [-0.4, -0.2) is 18.0 Å². The number of rotatable bonds is 6. The molecule has 18 heavy (non-hydrogen) atoms. The average molecular weight is 252 g/mol. The molecular weight excluding hydrogens is 235 g/mol. The molecule has 5 heteroatoms. The van der Waals surface area contributed by atoms with E-state index < -0.39 is 16.4 Å². The molecule has 0 aromatic heterocycles. The molecule has 0 amide bonds. The highest BCUT2D eigenvalue weighted by Crippen LogP contribution is 2.20. The molecule has 0 fully saturated rings. The standard InChI is InChI=1S/C13H17FN2O2/c1-3-6-15-9-10(2)7-11-4-5-12(14)13(8-11)16(17)18/h4-5,7-8,15H,3,6,9H2,1-2H3/b10-7+. The summed E-state index contributed by atoms with van der Waals surface area (Å²) in [5.41, 5.74) is 1.20. The summed E-state index contributed by atoms with van der Waals surface area (Å²) in [6.07, 6.45) is 2.87. The second-order valence-corrected chi connectivity index (χ2v) is 4.14. The first-order chi connectivity index (χ1) is 8.54. The Balaban J connectivity index is 2.81. The van der Waals surface area contributed by atoms with Gasteiger partial charge in [0.1, 0.15) is 0 Å². The van der Waals surface area contributed by atoms with Crippen molar-refractivity contribution in [1.29, 1.82) is 0 Å². The maximum atomic E-state index is 13.1. The molecule has 0 radical (unpaired) electrons. The quantitative estimate of drug-likeness (QED) is 0.480. The van der Waals surface area contributed by atoms with Gasteiger partial charge in [-0.05, 0) is 31.5 Å². The molecule has 0 heterocycles. The molecule has 98 valence electrons. The van der Waals surface area contributed by atoms with Crippen LogP contribution in [0.3, 0.4) is 0 Å². The zero-order valence-electron chi connectivity index (χ0n) is 10.6. The first-order valence-corrected chi connectivity index (χ1v) is 5.86. The zero-order valence-corrected chi connectivity index (χ0v) is 10.6. The van der Waals surface area contributed by atoms with Crippen molar-refractivity contribution in [1.82, 2.24) is 5.32 Å². The maximum absolute atomic E-state index is 13.1. The molecule has 4 nitrogen and oxygen atoms in total. The summed E-state index contributed by atoms with van der Waals surface area (Å²) in [6.45, 7) is 5.65. The van der Waals surface area contributed by atoms with Crippen LogP contribution < -0.4 is 5.32 Å². The highest BCUT2D eigenvalue weighted by atomic mass is 19.1. The van der Waals surface area contributed by atoms with Crippen molar-refractivity contribution >= 4 is 11.8 Å². The molecular formula is C13H17FN2O2. The fraction of sp³-hybridized carbons (Fsp3) is 0.385. The van der Waals surface area contributed by atoms with Gasteiger partial charge in [0, 0.05) is 12.6 Å². The molecule has 0 aliphatic rings. The predicted molar refractivity (Wildman–Crippen MR) is 69.9 cm³/mol. The Morgan fingerprint density at radius 3 is 2.89 bits per heavy atom. The second kappa shape index (κ2) is 6.86. The van der Waals surface area contributed by atoms with Gasteiger partial charge in [-0.2, -0.15) is 4.39 Å². The summed E-state index contributed by atoms with van der Waals surface area (Å²) < 4.78 is 13.1. The minimum Gasteiger partial charge on any atom is -0.313 e. The zero-order chi connectivity index (χ0) is 13.5. The molecule has 0 saturated carbocycles. The van der Waals surface area contributed by atoms with E-state index in [2.05, 4.69) is 12.2 Å². The van der Waals surface area contributed by atoms with Gasteiger partial charge in [0.25, 0.3) is 0 Å². The average Bonchev–Trinajstić information content (AvgIpc) is 2.31. The summed E-state index contributed by atoms with van der Waals surface area (Å²) in [5, 5.41) is 13.8. The molecule has 0 saturated heterocycles. The third-order valence-electron chi connectivity index (χ3n) is 2.41. The van der Waals surface area contributed by atoms with Crippen LogP contribution in [0.2, 0.25) is 0 Å². The number of nitrogens with zero attached hydrogens (tertiary/aromatic N) is 1. The fourth-order valence-electron chi connectivity index (χ4n) is 1.56. The molecule has 1 rings (SSSR count). The van der Waals surface area contributed by atoms with Gasteiger partial charge in [-0.25, -0.2) is 0 Å². The Bertz CT molecular complexity index is 458. The third kappa shape index (κ3) is 4.25. The topological polar surface area (TPSA) is 55.2 Å². The minimum absolute atomic E-state index is 0.488. The lowest BCUT2D eigenvalue weighted by atomic mass is 10.1. The van der Waals surface area contributed by atoms with Crippen LogP contribution in [0.4, 0.5) is 10.1 Å². The van der Waals surface area contributed by atoms with Gasteiger partial charge in [0.05, 0.1) is 4.92 Å². The van der Waals surface area contributed by atoms with Crippen LogP contribution in [0, 0.1) is 15.9 Å². The normalized spacial score (nSPS) is 11.6. The Hall–Kier alpha value is -1.75. The van der Waals surface area contributed by atoms with Crippen molar-refractivity contribution in [3.05, 3.63) is 45.3 Å². The van der Waals surface area contributed by atoms with Crippen molar-refractivity contribution < 1.29 is 9.31 Å². The largest absolute Gasteiger partial charge is 0.313 e. The summed E-state index contributed by atoms with van der Waals surface area (Å²) in [4.78, 5) is 9.89. The summed E-state index contributed by atoms with van der Waals surface area (Å²) in [6, 6.07) is 3.90. The van der Waals surface area contributed by atoms with Crippen molar-refractivity contribution in [3.63, 3.8) is 0 Å². The van der Waals surface area contributed by atoms with E-state index in [1.807, 2.05) is 13.0 Å². The lowest BCUT2D eigenvalue weighted by molar-refractivity contribution is -0.387. The van der Waals surface area contributed by atoms with Gasteiger partial charge >= 0.3 is 5.69 Å². The lowest BCUT2D eigenvalue weighted by Crippen LogP contribution is -2.16. The van der Waals surface area contributed by atoms with Crippen molar-refractivity contribution in [3.8, 4) is 0 Å². The van der Waals surface area contributed by atoms with Gasteiger partial charge in [0.2, 0.25) is 5.82 Å². The fourth-order valence-corrected chi connectivity index (χ4v) is 1.56. The van der Waals surface area contributed by atoms with Crippen LogP contribution >= 0.6 is 0 Å².